The monoisotopic (exact) mass is 322 g/mol. The SMILES string of the molecule is CC(NC(=O)C1(N)CCCCC1)c1cc2ccccc2o1.Cl. The van der Waals surface area contributed by atoms with Gasteiger partial charge in [0.1, 0.15) is 11.3 Å². The Kier molecular flexibility index (Phi) is 5.14. The molecule has 1 fully saturated rings. The maximum atomic E-state index is 12.4. The van der Waals surface area contributed by atoms with E-state index in [0.29, 0.717) is 0 Å². The zero-order chi connectivity index (χ0) is 14.9. The van der Waals surface area contributed by atoms with Gasteiger partial charge in [-0.3, -0.25) is 4.79 Å². The molecule has 0 radical (unpaired) electrons. The number of nitrogens with two attached hydrogens (primary N) is 1. The molecule has 0 bridgehead atoms. The number of para-hydroxylation sites is 1. The lowest BCUT2D eigenvalue weighted by molar-refractivity contribution is -0.128. The van der Waals surface area contributed by atoms with Crippen molar-refractivity contribution in [2.24, 2.45) is 5.73 Å². The Labute approximate surface area is 136 Å². The molecule has 0 saturated heterocycles. The molecule has 1 heterocycles. The van der Waals surface area contributed by atoms with Crippen LogP contribution in [0.4, 0.5) is 0 Å². The summed E-state index contributed by atoms with van der Waals surface area (Å²) in [5.41, 5.74) is 6.39. The molecule has 4 nitrogen and oxygen atoms in total. The number of benzene rings is 1. The molecular weight excluding hydrogens is 300 g/mol. The third-order valence-electron chi connectivity index (χ3n) is 4.42. The van der Waals surface area contributed by atoms with E-state index in [-0.39, 0.29) is 24.4 Å². The molecule has 1 amide bonds. The summed E-state index contributed by atoms with van der Waals surface area (Å²) in [6.45, 7) is 1.93. The molecule has 5 heteroatoms. The number of nitrogens with one attached hydrogen (secondary N) is 1. The Morgan fingerprint density at radius 2 is 1.95 bits per heavy atom. The standard InChI is InChI=1S/C17H22N2O2.ClH/c1-12(15-11-13-7-3-4-8-14(13)21-15)19-16(20)17(18)9-5-2-6-10-17;/h3-4,7-8,11-12H,2,5-6,9-10,18H2,1H3,(H,19,20);1H. The van der Waals surface area contributed by atoms with E-state index in [2.05, 4.69) is 5.32 Å². The molecular formula is C17H23ClN2O2. The Morgan fingerprint density at radius 1 is 1.27 bits per heavy atom. The van der Waals surface area contributed by atoms with Gasteiger partial charge in [-0.05, 0) is 31.9 Å². The van der Waals surface area contributed by atoms with E-state index in [1.807, 2.05) is 37.3 Å². The van der Waals surface area contributed by atoms with Crippen LogP contribution in [0.3, 0.4) is 0 Å². The van der Waals surface area contributed by atoms with Gasteiger partial charge in [-0.1, -0.05) is 37.5 Å². The van der Waals surface area contributed by atoms with Crippen LogP contribution in [0.2, 0.25) is 0 Å². The van der Waals surface area contributed by atoms with Crippen molar-refractivity contribution in [2.45, 2.75) is 50.6 Å². The number of furan rings is 1. The second-order valence-corrected chi connectivity index (χ2v) is 6.10. The smallest absolute Gasteiger partial charge is 0.240 e. The van der Waals surface area contributed by atoms with E-state index in [1.165, 1.54) is 6.42 Å². The van der Waals surface area contributed by atoms with Crippen LogP contribution in [0.1, 0.15) is 50.8 Å². The first-order valence-electron chi connectivity index (χ1n) is 7.67. The maximum absolute atomic E-state index is 12.4. The number of carbonyl (C=O) groups excluding carboxylic acids is 1. The third-order valence-corrected chi connectivity index (χ3v) is 4.42. The maximum Gasteiger partial charge on any atom is 0.240 e. The van der Waals surface area contributed by atoms with E-state index >= 15 is 0 Å². The normalized spacial score (nSPS) is 18.5. The average Bonchev–Trinajstić information content (AvgIpc) is 2.92. The fourth-order valence-electron chi connectivity index (χ4n) is 3.04. The highest BCUT2D eigenvalue weighted by Crippen LogP contribution is 2.28. The molecule has 1 atom stereocenters. The number of rotatable bonds is 3. The number of fused-ring (bicyclic) bond motifs is 1. The molecule has 1 unspecified atom stereocenters. The largest absolute Gasteiger partial charge is 0.459 e. The van der Waals surface area contributed by atoms with Crippen LogP contribution in [-0.2, 0) is 4.79 Å². The predicted octanol–water partition coefficient (Wildman–Crippen LogP) is 3.69. The van der Waals surface area contributed by atoms with Crippen LogP contribution < -0.4 is 11.1 Å². The Morgan fingerprint density at radius 3 is 2.64 bits per heavy atom. The van der Waals surface area contributed by atoms with E-state index in [0.717, 1.165) is 42.4 Å². The quantitative estimate of drug-likeness (QED) is 0.905. The van der Waals surface area contributed by atoms with Gasteiger partial charge in [-0.25, -0.2) is 0 Å². The molecule has 22 heavy (non-hydrogen) atoms. The number of hydrogen-bond acceptors (Lipinski definition) is 3. The van der Waals surface area contributed by atoms with Crippen molar-refractivity contribution in [3.63, 3.8) is 0 Å². The topological polar surface area (TPSA) is 68.3 Å². The van der Waals surface area contributed by atoms with Gasteiger partial charge in [0.25, 0.3) is 0 Å². The van der Waals surface area contributed by atoms with Crippen molar-refractivity contribution in [1.29, 1.82) is 0 Å². The number of carbonyl (C=O) groups is 1. The Bertz CT molecular complexity index is 614. The van der Waals surface area contributed by atoms with Crippen LogP contribution in [0.25, 0.3) is 11.0 Å². The summed E-state index contributed by atoms with van der Waals surface area (Å²) in [4.78, 5) is 12.4. The summed E-state index contributed by atoms with van der Waals surface area (Å²) >= 11 is 0. The van der Waals surface area contributed by atoms with Gasteiger partial charge in [0.2, 0.25) is 5.91 Å². The van der Waals surface area contributed by atoms with Crippen LogP contribution in [0, 0.1) is 0 Å². The molecule has 0 aliphatic heterocycles. The molecule has 1 aliphatic rings. The van der Waals surface area contributed by atoms with Gasteiger partial charge < -0.3 is 15.5 Å². The first-order chi connectivity index (χ1) is 10.1. The first kappa shape index (κ1) is 16.8. The zero-order valence-corrected chi connectivity index (χ0v) is 13.6. The molecule has 1 aromatic carbocycles. The minimum absolute atomic E-state index is 0. The summed E-state index contributed by atoms with van der Waals surface area (Å²) < 4.78 is 5.80. The van der Waals surface area contributed by atoms with Gasteiger partial charge in [0, 0.05) is 5.39 Å². The molecule has 1 saturated carbocycles. The summed E-state index contributed by atoms with van der Waals surface area (Å²) in [7, 11) is 0. The molecule has 2 aromatic rings. The molecule has 120 valence electrons. The highest BCUT2D eigenvalue weighted by atomic mass is 35.5. The van der Waals surface area contributed by atoms with Crippen molar-refractivity contribution in [3.05, 3.63) is 36.1 Å². The summed E-state index contributed by atoms with van der Waals surface area (Å²) in [5.74, 6) is 0.708. The van der Waals surface area contributed by atoms with Gasteiger partial charge in [0.05, 0.1) is 11.6 Å². The fraction of sp³-hybridized carbons (Fsp3) is 0.471. The van der Waals surface area contributed by atoms with Gasteiger partial charge in [-0.2, -0.15) is 0 Å². The van der Waals surface area contributed by atoms with Crippen molar-refractivity contribution >= 4 is 29.3 Å². The Hall–Kier alpha value is -1.52. The first-order valence-corrected chi connectivity index (χ1v) is 7.67. The zero-order valence-electron chi connectivity index (χ0n) is 12.8. The van der Waals surface area contributed by atoms with Crippen LogP contribution >= 0.6 is 12.4 Å². The number of amides is 1. The minimum atomic E-state index is -0.710. The van der Waals surface area contributed by atoms with Gasteiger partial charge >= 0.3 is 0 Å². The van der Waals surface area contributed by atoms with Crippen LogP contribution in [0.15, 0.2) is 34.7 Å². The van der Waals surface area contributed by atoms with Crippen molar-refractivity contribution < 1.29 is 9.21 Å². The van der Waals surface area contributed by atoms with Crippen LogP contribution in [-0.4, -0.2) is 11.4 Å². The number of hydrogen-bond donors (Lipinski definition) is 2. The minimum Gasteiger partial charge on any atom is -0.459 e. The van der Waals surface area contributed by atoms with E-state index < -0.39 is 5.54 Å². The summed E-state index contributed by atoms with van der Waals surface area (Å²) in [6, 6.07) is 9.65. The molecule has 3 rings (SSSR count). The molecule has 1 aliphatic carbocycles. The van der Waals surface area contributed by atoms with Crippen molar-refractivity contribution in [2.75, 3.05) is 0 Å². The molecule has 0 spiro atoms. The lowest BCUT2D eigenvalue weighted by Crippen LogP contribution is -2.55. The molecule has 3 N–H and O–H groups in total. The molecule has 1 aromatic heterocycles. The van der Waals surface area contributed by atoms with Crippen molar-refractivity contribution in [3.8, 4) is 0 Å². The van der Waals surface area contributed by atoms with Gasteiger partial charge in [-0.15, -0.1) is 12.4 Å². The fourth-order valence-corrected chi connectivity index (χ4v) is 3.04. The number of halogens is 1. The third kappa shape index (κ3) is 3.28. The highest BCUT2D eigenvalue weighted by molar-refractivity contribution is 5.86. The van der Waals surface area contributed by atoms with E-state index in [4.69, 9.17) is 10.2 Å². The second kappa shape index (κ2) is 6.71. The van der Waals surface area contributed by atoms with E-state index in [1.54, 1.807) is 0 Å². The van der Waals surface area contributed by atoms with Gasteiger partial charge in [0.15, 0.2) is 0 Å². The summed E-state index contributed by atoms with van der Waals surface area (Å²) in [6.07, 6.45) is 4.77. The van der Waals surface area contributed by atoms with E-state index in [9.17, 15) is 4.79 Å². The lowest BCUT2D eigenvalue weighted by Gasteiger charge is -2.32. The van der Waals surface area contributed by atoms with Crippen molar-refractivity contribution in [1.82, 2.24) is 5.32 Å². The second-order valence-electron chi connectivity index (χ2n) is 6.10. The average molecular weight is 323 g/mol. The lowest BCUT2D eigenvalue weighted by atomic mass is 9.82. The Balaban J connectivity index is 0.00000176. The highest BCUT2D eigenvalue weighted by Gasteiger charge is 2.36. The summed E-state index contributed by atoms with van der Waals surface area (Å²) in [5, 5.41) is 4.06. The predicted molar refractivity (Wildman–Crippen MR) is 90.0 cm³/mol. The van der Waals surface area contributed by atoms with Crippen LogP contribution in [0.5, 0.6) is 0 Å².